The third-order valence-corrected chi connectivity index (χ3v) is 5.70. The number of hydrogen-bond donors (Lipinski definition) is 0. The molecule has 1 rings (SSSR count). The minimum atomic E-state index is -0.689. The van der Waals surface area contributed by atoms with E-state index in [1.807, 2.05) is 41.5 Å². The van der Waals surface area contributed by atoms with Crippen molar-refractivity contribution < 1.29 is 14.4 Å². The Morgan fingerprint density at radius 2 is 1.57 bits per heavy atom. The molecule has 0 radical (unpaired) electrons. The van der Waals surface area contributed by atoms with Crippen LogP contribution in [-0.4, -0.2) is 46.1 Å². The summed E-state index contributed by atoms with van der Waals surface area (Å²) in [5, 5.41) is 0. The average molecular weight is 393 g/mol. The van der Waals surface area contributed by atoms with E-state index in [0.29, 0.717) is 18.5 Å². The first kappa shape index (κ1) is 24.4. The third kappa shape index (κ3) is 5.92. The number of amides is 3. The van der Waals surface area contributed by atoms with Crippen LogP contribution in [0.1, 0.15) is 87.5 Å². The monoisotopic (exact) mass is 392 g/mol. The van der Waals surface area contributed by atoms with Crippen LogP contribution in [0.3, 0.4) is 0 Å². The molecule has 0 aromatic heterocycles. The molecule has 5 heteroatoms. The fraction of sp³-hybridized carbons (Fsp3) is 0.783. The Labute approximate surface area is 171 Å². The maximum Gasteiger partial charge on any atom is 0.251 e. The molecule has 0 bridgehead atoms. The Balaban J connectivity index is 3.27. The first-order valence-electron chi connectivity index (χ1n) is 10.6. The highest BCUT2D eigenvalue weighted by atomic mass is 16.2. The van der Waals surface area contributed by atoms with Gasteiger partial charge in [-0.3, -0.25) is 19.3 Å². The number of carbonyl (C=O) groups excluding carboxylic acids is 3. The Bertz CT molecular complexity index is 610. The van der Waals surface area contributed by atoms with Gasteiger partial charge in [0.05, 0.1) is 0 Å². The van der Waals surface area contributed by atoms with Gasteiger partial charge in [0.1, 0.15) is 6.04 Å². The molecule has 0 aromatic rings. The predicted octanol–water partition coefficient (Wildman–Crippen LogP) is 4.56. The zero-order chi connectivity index (χ0) is 21.9. The second-order valence-corrected chi connectivity index (χ2v) is 10.1. The Morgan fingerprint density at radius 3 is 1.96 bits per heavy atom. The molecule has 160 valence electrons. The van der Waals surface area contributed by atoms with Crippen molar-refractivity contribution in [2.75, 3.05) is 6.54 Å². The van der Waals surface area contributed by atoms with Crippen molar-refractivity contribution >= 4 is 17.7 Å². The average Bonchev–Trinajstić information content (AvgIpc) is 3.11. The maximum atomic E-state index is 13.5. The van der Waals surface area contributed by atoms with E-state index in [0.717, 1.165) is 25.7 Å². The molecule has 1 fully saturated rings. The van der Waals surface area contributed by atoms with Crippen LogP contribution >= 0.6 is 0 Å². The highest BCUT2D eigenvalue weighted by Crippen LogP contribution is 2.30. The van der Waals surface area contributed by atoms with Crippen LogP contribution in [0.5, 0.6) is 0 Å². The molecular weight excluding hydrogens is 352 g/mol. The summed E-state index contributed by atoms with van der Waals surface area (Å²) in [5.74, 6) is -0.649. The minimum absolute atomic E-state index is 0.0360. The van der Waals surface area contributed by atoms with Gasteiger partial charge in [-0.1, -0.05) is 61.0 Å². The van der Waals surface area contributed by atoms with Gasteiger partial charge in [-0.25, -0.2) is 0 Å². The number of carbonyl (C=O) groups is 3. The molecule has 3 amide bonds. The summed E-state index contributed by atoms with van der Waals surface area (Å²) in [5.41, 5.74) is -0.433. The van der Waals surface area contributed by atoms with Gasteiger partial charge in [0.25, 0.3) is 5.91 Å². The van der Waals surface area contributed by atoms with E-state index < -0.39 is 11.5 Å². The summed E-state index contributed by atoms with van der Waals surface area (Å²) >= 11 is 0. The van der Waals surface area contributed by atoms with Crippen molar-refractivity contribution in [2.45, 2.75) is 99.6 Å². The fourth-order valence-electron chi connectivity index (χ4n) is 3.65. The Kier molecular flexibility index (Phi) is 8.04. The molecule has 1 atom stereocenters. The summed E-state index contributed by atoms with van der Waals surface area (Å²) in [6.45, 7) is 19.3. The van der Waals surface area contributed by atoms with Crippen LogP contribution in [-0.2, 0) is 14.4 Å². The first-order valence-corrected chi connectivity index (χ1v) is 10.6. The van der Waals surface area contributed by atoms with Crippen LogP contribution in [0.25, 0.3) is 0 Å². The minimum Gasteiger partial charge on any atom is -0.324 e. The van der Waals surface area contributed by atoms with Gasteiger partial charge in [0.2, 0.25) is 11.8 Å². The highest BCUT2D eigenvalue weighted by molar-refractivity contribution is 6.02. The van der Waals surface area contributed by atoms with E-state index in [1.54, 1.807) is 18.7 Å². The standard InChI is InChI=1S/C23H40N2O3/c1-10-23(8,9)21(28)24(15-22(5,6)7)20(27)17(4)25(19(26)16(2)3)18-13-11-12-14-18/h17-18H,2,10-15H2,1,3-9H3. The second kappa shape index (κ2) is 9.23. The van der Waals surface area contributed by atoms with Crippen molar-refractivity contribution in [2.24, 2.45) is 10.8 Å². The van der Waals surface area contributed by atoms with Gasteiger partial charge in [0, 0.05) is 23.6 Å². The van der Waals surface area contributed by atoms with Crippen molar-refractivity contribution in [3.63, 3.8) is 0 Å². The van der Waals surface area contributed by atoms with Crippen LogP contribution in [0.4, 0.5) is 0 Å². The lowest BCUT2D eigenvalue weighted by Gasteiger charge is -2.39. The number of hydrogen-bond acceptors (Lipinski definition) is 3. The van der Waals surface area contributed by atoms with Crippen LogP contribution < -0.4 is 0 Å². The smallest absolute Gasteiger partial charge is 0.251 e. The molecule has 0 spiro atoms. The van der Waals surface area contributed by atoms with Gasteiger partial charge in [-0.15, -0.1) is 0 Å². The number of imide groups is 1. The highest BCUT2D eigenvalue weighted by Gasteiger charge is 2.41. The third-order valence-electron chi connectivity index (χ3n) is 5.70. The first-order chi connectivity index (χ1) is 12.7. The quantitative estimate of drug-likeness (QED) is 0.597. The zero-order valence-electron chi connectivity index (χ0n) is 19.2. The Hall–Kier alpha value is -1.65. The van der Waals surface area contributed by atoms with Crippen LogP contribution in [0.15, 0.2) is 12.2 Å². The van der Waals surface area contributed by atoms with E-state index in [1.165, 1.54) is 4.90 Å². The molecule has 0 N–H and O–H groups in total. The molecule has 1 aliphatic rings. The van der Waals surface area contributed by atoms with Gasteiger partial charge in [-0.05, 0) is 38.5 Å². The topological polar surface area (TPSA) is 57.7 Å². The summed E-state index contributed by atoms with van der Waals surface area (Å²) in [6, 6.07) is -0.653. The second-order valence-electron chi connectivity index (χ2n) is 10.1. The van der Waals surface area contributed by atoms with E-state index in [-0.39, 0.29) is 29.2 Å². The lowest BCUT2D eigenvalue weighted by atomic mass is 9.86. The molecule has 1 unspecified atom stereocenters. The molecular formula is C23H40N2O3. The summed E-state index contributed by atoms with van der Waals surface area (Å²) < 4.78 is 0. The van der Waals surface area contributed by atoms with Crippen LogP contribution in [0, 0.1) is 10.8 Å². The maximum absolute atomic E-state index is 13.5. The van der Waals surface area contributed by atoms with E-state index in [4.69, 9.17) is 0 Å². The summed E-state index contributed by atoms with van der Waals surface area (Å²) in [7, 11) is 0. The zero-order valence-corrected chi connectivity index (χ0v) is 19.2. The number of nitrogens with zero attached hydrogens (tertiary/aromatic N) is 2. The number of rotatable bonds is 7. The lowest BCUT2D eigenvalue weighted by molar-refractivity contribution is -0.158. The summed E-state index contributed by atoms with van der Waals surface area (Å²) in [4.78, 5) is 42.7. The van der Waals surface area contributed by atoms with Crippen molar-refractivity contribution in [3.05, 3.63) is 12.2 Å². The fourth-order valence-corrected chi connectivity index (χ4v) is 3.65. The van der Waals surface area contributed by atoms with Gasteiger partial charge < -0.3 is 4.90 Å². The molecule has 0 heterocycles. The summed E-state index contributed by atoms with van der Waals surface area (Å²) in [6.07, 6.45) is 4.54. The van der Waals surface area contributed by atoms with E-state index in [9.17, 15) is 14.4 Å². The molecule has 0 aliphatic heterocycles. The van der Waals surface area contributed by atoms with Gasteiger partial charge in [0.15, 0.2) is 0 Å². The van der Waals surface area contributed by atoms with Gasteiger partial charge >= 0.3 is 0 Å². The van der Waals surface area contributed by atoms with Crippen molar-refractivity contribution in [3.8, 4) is 0 Å². The van der Waals surface area contributed by atoms with Crippen LogP contribution in [0.2, 0.25) is 0 Å². The van der Waals surface area contributed by atoms with Gasteiger partial charge in [-0.2, -0.15) is 0 Å². The van der Waals surface area contributed by atoms with E-state index in [2.05, 4.69) is 6.58 Å². The molecule has 1 aliphatic carbocycles. The molecule has 0 aromatic carbocycles. The van der Waals surface area contributed by atoms with Crippen molar-refractivity contribution in [1.82, 2.24) is 9.80 Å². The molecule has 5 nitrogen and oxygen atoms in total. The molecule has 28 heavy (non-hydrogen) atoms. The molecule has 1 saturated carbocycles. The SMILES string of the molecule is C=C(C)C(=O)N(C1CCCC1)C(C)C(=O)N(CC(C)(C)C)C(=O)C(C)(C)CC. The lowest BCUT2D eigenvalue weighted by Crippen LogP contribution is -2.57. The molecule has 0 saturated heterocycles. The largest absolute Gasteiger partial charge is 0.324 e. The Morgan fingerprint density at radius 1 is 1.07 bits per heavy atom. The van der Waals surface area contributed by atoms with E-state index >= 15 is 0 Å². The normalized spacial score (nSPS) is 16.6. The predicted molar refractivity (Wildman–Crippen MR) is 114 cm³/mol. The van der Waals surface area contributed by atoms with Crippen molar-refractivity contribution in [1.29, 1.82) is 0 Å².